The standard InChI is InChI=1S/C13H13BrO2/c1-3-10-9-12(14)7-5-11(10)6-8-13(15)16-4-2/h5,7,9H,3-4H2,1-2H3. The van der Waals surface area contributed by atoms with E-state index in [2.05, 4.69) is 34.7 Å². The second-order valence-corrected chi connectivity index (χ2v) is 4.04. The summed E-state index contributed by atoms with van der Waals surface area (Å²) in [4.78, 5) is 11.1. The molecule has 0 heterocycles. The highest BCUT2D eigenvalue weighted by Gasteiger charge is 1.99. The van der Waals surface area contributed by atoms with Crippen LogP contribution in [0.15, 0.2) is 22.7 Å². The van der Waals surface area contributed by atoms with Crippen molar-refractivity contribution in [2.75, 3.05) is 6.61 Å². The van der Waals surface area contributed by atoms with Crippen molar-refractivity contribution in [3.05, 3.63) is 33.8 Å². The van der Waals surface area contributed by atoms with Crippen LogP contribution in [0.4, 0.5) is 0 Å². The smallest absolute Gasteiger partial charge is 0.384 e. The lowest BCUT2D eigenvalue weighted by molar-refractivity contribution is -0.136. The second-order valence-electron chi connectivity index (χ2n) is 3.13. The number of benzene rings is 1. The molecule has 0 aliphatic rings. The Morgan fingerprint density at radius 3 is 2.81 bits per heavy atom. The highest BCUT2D eigenvalue weighted by molar-refractivity contribution is 9.10. The molecule has 0 atom stereocenters. The number of rotatable bonds is 2. The first-order valence-electron chi connectivity index (χ1n) is 5.14. The maximum Gasteiger partial charge on any atom is 0.384 e. The molecule has 1 aromatic carbocycles. The number of hydrogen-bond donors (Lipinski definition) is 0. The van der Waals surface area contributed by atoms with Crippen LogP contribution in [0.2, 0.25) is 0 Å². The third-order valence-electron chi connectivity index (χ3n) is 2.02. The van der Waals surface area contributed by atoms with Crippen LogP contribution in [0.3, 0.4) is 0 Å². The minimum atomic E-state index is -0.479. The van der Waals surface area contributed by atoms with E-state index in [1.165, 1.54) is 0 Å². The average molecular weight is 281 g/mol. The number of carbonyl (C=O) groups is 1. The van der Waals surface area contributed by atoms with E-state index < -0.39 is 5.97 Å². The Bertz CT molecular complexity index is 441. The average Bonchev–Trinajstić information content (AvgIpc) is 2.27. The van der Waals surface area contributed by atoms with Gasteiger partial charge in [0.25, 0.3) is 0 Å². The van der Waals surface area contributed by atoms with Gasteiger partial charge in [0.15, 0.2) is 0 Å². The first-order valence-corrected chi connectivity index (χ1v) is 5.93. The Morgan fingerprint density at radius 2 is 2.19 bits per heavy atom. The molecule has 0 saturated carbocycles. The molecule has 1 rings (SSSR count). The Hall–Kier alpha value is -1.27. The zero-order valence-electron chi connectivity index (χ0n) is 9.34. The summed E-state index contributed by atoms with van der Waals surface area (Å²) in [7, 11) is 0. The van der Waals surface area contributed by atoms with Gasteiger partial charge in [-0.1, -0.05) is 28.8 Å². The third-order valence-corrected chi connectivity index (χ3v) is 2.52. The van der Waals surface area contributed by atoms with Crippen molar-refractivity contribution in [3.63, 3.8) is 0 Å². The molecule has 16 heavy (non-hydrogen) atoms. The summed E-state index contributed by atoms with van der Waals surface area (Å²) in [5.41, 5.74) is 1.99. The highest BCUT2D eigenvalue weighted by atomic mass is 79.9. The Labute approximate surface area is 104 Å². The summed E-state index contributed by atoms with van der Waals surface area (Å²) >= 11 is 3.40. The van der Waals surface area contributed by atoms with Gasteiger partial charge in [-0.2, -0.15) is 0 Å². The molecule has 84 valence electrons. The van der Waals surface area contributed by atoms with E-state index >= 15 is 0 Å². The molecule has 0 aliphatic heterocycles. The highest BCUT2D eigenvalue weighted by Crippen LogP contribution is 2.16. The normalized spacial score (nSPS) is 9.19. The van der Waals surface area contributed by atoms with Gasteiger partial charge in [0, 0.05) is 16.0 Å². The lowest BCUT2D eigenvalue weighted by Gasteiger charge is -2.01. The molecule has 0 aliphatic carbocycles. The second kappa shape index (κ2) is 6.34. The first kappa shape index (κ1) is 12.8. The first-order chi connectivity index (χ1) is 7.67. The maximum atomic E-state index is 11.1. The summed E-state index contributed by atoms with van der Waals surface area (Å²) in [6, 6.07) is 5.82. The molecule has 0 fully saturated rings. The predicted molar refractivity (Wildman–Crippen MR) is 67.0 cm³/mol. The molecule has 2 nitrogen and oxygen atoms in total. The van der Waals surface area contributed by atoms with Crippen LogP contribution in [0.1, 0.15) is 25.0 Å². The largest absolute Gasteiger partial charge is 0.456 e. The number of aryl methyl sites for hydroxylation is 1. The van der Waals surface area contributed by atoms with E-state index in [0.717, 1.165) is 22.0 Å². The summed E-state index contributed by atoms with van der Waals surface area (Å²) in [6.07, 6.45) is 0.881. The zero-order valence-corrected chi connectivity index (χ0v) is 10.9. The van der Waals surface area contributed by atoms with Gasteiger partial charge >= 0.3 is 5.97 Å². The van der Waals surface area contributed by atoms with Crippen LogP contribution in [-0.2, 0) is 16.0 Å². The number of hydrogen-bond acceptors (Lipinski definition) is 2. The summed E-state index contributed by atoms with van der Waals surface area (Å²) in [6.45, 7) is 4.17. The summed E-state index contributed by atoms with van der Waals surface area (Å²) in [5, 5.41) is 0. The summed E-state index contributed by atoms with van der Waals surface area (Å²) in [5.74, 6) is 4.82. The Balaban J connectivity index is 2.92. The van der Waals surface area contributed by atoms with Crippen LogP contribution in [0.5, 0.6) is 0 Å². The molecular formula is C13H13BrO2. The SMILES string of the molecule is CCOC(=O)C#Cc1ccc(Br)cc1CC. The van der Waals surface area contributed by atoms with E-state index in [1.54, 1.807) is 6.92 Å². The molecule has 0 bridgehead atoms. The molecule has 0 radical (unpaired) electrons. The zero-order chi connectivity index (χ0) is 12.0. The van der Waals surface area contributed by atoms with Gasteiger partial charge in [0.05, 0.1) is 6.61 Å². The van der Waals surface area contributed by atoms with Gasteiger partial charge in [-0.05, 0) is 37.1 Å². The van der Waals surface area contributed by atoms with Crippen molar-refractivity contribution in [2.45, 2.75) is 20.3 Å². The molecule has 0 amide bonds. The number of carbonyl (C=O) groups excluding carboxylic acids is 1. The van der Waals surface area contributed by atoms with Crippen molar-refractivity contribution < 1.29 is 9.53 Å². The van der Waals surface area contributed by atoms with Crippen LogP contribution >= 0.6 is 15.9 Å². The van der Waals surface area contributed by atoms with Crippen LogP contribution < -0.4 is 0 Å². The molecule has 0 saturated heterocycles. The van der Waals surface area contributed by atoms with Crippen LogP contribution in [0.25, 0.3) is 0 Å². The van der Waals surface area contributed by atoms with Crippen molar-refractivity contribution in [1.29, 1.82) is 0 Å². The van der Waals surface area contributed by atoms with Gasteiger partial charge in [0.1, 0.15) is 0 Å². The molecule has 0 unspecified atom stereocenters. The van der Waals surface area contributed by atoms with E-state index in [0.29, 0.717) is 6.61 Å². The molecule has 0 aromatic heterocycles. The van der Waals surface area contributed by atoms with Crippen molar-refractivity contribution >= 4 is 21.9 Å². The van der Waals surface area contributed by atoms with Gasteiger partial charge in [-0.15, -0.1) is 0 Å². The number of ether oxygens (including phenoxy) is 1. The lowest BCUT2D eigenvalue weighted by atomic mass is 10.1. The third kappa shape index (κ3) is 3.71. The van der Waals surface area contributed by atoms with Crippen molar-refractivity contribution in [1.82, 2.24) is 0 Å². The predicted octanol–water partition coefficient (Wildman–Crippen LogP) is 2.93. The Morgan fingerprint density at radius 1 is 1.44 bits per heavy atom. The van der Waals surface area contributed by atoms with Gasteiger partial charge in [-0.3, -0.25) is 0 Å². The minimum absolute atomic E-state index is 0.356. The topological polar surface area (TPSA) is 26.3 Å². The molecular weight excluding hydrogens is 268 g/mol. The molecule has 0 N–H and O–H groups in total. The Kier molecular flexibility index (Phi) is 5.07. The molecule has 0 spiro atoms. The lowest BCUT2D eigenvalue weighted by Crippen LogP contribution is -1.99. The maximum absolute atomic E-state index is 11.1. The van der Waals surface area contributed by atoms with E-state index in [-0.39, 0.29) is 0 Å². The number of esters is 1. The summed E-state index contributed by atoms with van der Waals surface area (Å²) < 4.78 is 5.76. The van der Waals surface area contributed by atoms with Crippen molar-refractivity contribution in [2.24, 2.45) is 0 Å². The van der Waals surface area contributed by atoms with E-state index in [9.17, 15) is 4.79 Å². The van der Waals surface area contributed by atoms with E-state index in [1.807, 2.05) is 18.2 Å². The van der Waals surface area contributed by atoms with Crippen LogP contribution in [-0.4, -0.2) is 12.6 Å². The fraction of sp³-hybridized carbons (Fsp3) is 0.308. The fourth-order valence-corrected chi connectivity index (χ4v) is 1.67. The number of halogens is 1. The van der Waals surface area contributed by atoms with E-state index in [4.69, 9.17) is 4.74 Å². The van der Waals surface area contributed by atoms with Gasteiger partial charge in [-0.25, -0.2) is 4.79 Å². The molecule has 3 heteroatoms. The minimum Gasteiger partial charge on any atom is -0.456 e. The monoisotopic (exact) mass is 280 g/mol. The fourth-order valence-electron chi connectivity index (χ4n) is 1.26. The van der Waals surface area contributed by atoms with Gasteiger partial charge < -0.3 is 4.74 Å². The molecule has 1 aromatic rings. The van der Waals surface area contributed by atoms with Crippen LogP contribution in [0, 0.1) is 11.8 Å². The van der Waals surface area contributed by atoms with Crippen molar-refractivity contribution in [3.8, 4) is 11.8 Å². The van der Waals surface area contributed by atoms with Gasteiger partial charge in [0.2, 0.25) is 0 Å². The quantitative estimate of drug-likeness (QED) is 0.615.